The lowest BCUT2D eigenvalue weighted by atomic mass is 10.1. The number of rotatable bonds is 8. The fraction of sp³-hybridized carbons (Fsp3) is 0.481. The van der Waals surface area contributed by atoms with Gasteiger partial charge in [-0.1, -0.05) is 0 Å². The Labute approximate surface area is 212 Å². The number of carbonyl (C=O) groups excluding carboxylic acids is 1. The number of nitrogens with zero attached hydrogens (tertiary/aromatic N) is 4. The van der Waals surface area contributed by atoms with Crippen molar-refractivity contribution in [3.63, 3.8) is 0 Å². The van der Waals surface area contributed by atoms with Gasteiger partial charge >= 0.3 is 0 Å². The standard InChI is InChI=1S/C27H35N5O4/c1-20-16-22(21(2)32(20)10-11-34-3)17-23(19-28)27(33)29-25-5-4-24(30-6-12-35-13-7-30)18-26(25)31-8-14-36-15-9-31/h4-5,16-18H,6-15H2,1-3H3,(H,29,33). The molecule has 2 aliphatic rings. The number of ether oxygens (including phenoxy) is 3. The van der Waals surface area contributed by atoms with Crippen molar-refractivity contribution in [1.29, 1.82) is 5.26 Å². The van der Waals surface area contributed by atoms with Gasteiger partial charge in [0.15, 0.2) is 0 Å². The number of hydrogen-bond acceptors (Lipinski definition) is 7. The summed E-state index contributed by atoms with van der Waals surface area (Å²) >= 11 is 0. The fourth-order valence-corrected chi connectivity index (χ4v) is 4.70. The van der Waals surface area contributed by atoms with Crippen LogP contribution in [-0.2, 0) is 25.5 Å². The van der Waals surface area contributed by atoms with Crippen LogP contribution in [0, 0.1) is 25.2 Å². The number of methoxy groups -OCH3 is 1. The molecule has 9 heteroatoms. The first-order valence-corrected chi connectivity index (χ1v) is 12.4. The van der Waals surface area contributed by atoms with Crippen LogP contribution in [0.2, 0.25) is 0 Å². The van der Waals surface area contributed by atoms with E-state index >= 15 is 0 Å². The number of nitrogens with one attached hydrogen (secondary N) is 1. The van der Waals surface area contributed by atoms with Gasteiger partial charge in [0.1, 0.15) is 11.6 Å². The van der Waals surface area contributed by atoms with Gasteiger partial charge in [-0.3, -0.25) is 4.79 Å². The predicted molar refractivity (Wildman–Crippen MR) is 141 cm³/mol. The summed E-state index contributed by atoms with van der Waals surface area (Å²) < 4.78 is 18.4. The van der Waals surface area contributed by atoms with Crippen LogP contribution in [0.5, 0.6) is 0 Å². The maximum absolute atomic E-state index is 13.2. The molecule has 1 aromatic heterocycles. The summed E-state index contributed by atoms with van der Waals surface area (Å²) in [5.41, 5.74) is 5.68. The molecular weight excluding hydrogens is 458 g/mol. The van der Waals surface area contributed by atoms with Gasteiger partial charge < -0.3 is 33.9 Å². The predicted octanol–water partition coefficient (Wildman–Crippen LogP) is 2.97. The minimum absolute atomic E-state index is 0.0622. The molecule has 2 fully saturated rings. The Morgan fingerprint density at radius 2 is 1.75 bits per heavy atom. The van der Waals surface area contributed by atoms with Crippen LogP contribution in [-0.4, -0.2) is 76.8 Å². The average molecular weight is 494 g/mol. The highest BCUT2D eigenvalue weighted by molar-refractivity contribution is 6.11. The minimum Gasteiger partial charge on any atom is -0.383 e. The normalized spacial score (nSPS) is 16.7. The molecule has 0 bridgehead atoms. The van der Waals surface area contributed by atoms with E-state index in [4.69, 9.17) is 14.2 Å². The summed E-state index contributed by atoms with van der Waals surface area (Å²) in [6.45, 7) is 11.1. The molecule has 2 aromatic rings. The number of nitriles is 1. The van der Waals surface area contributed by atoms with Crippen LogP contribution in [0.3, 0.4) is 0 Å². The smallest absolute Gasteiger partial charge is 0.266 e. The van der Waals surface area contributed by atoms with Gasteiger partial charge in [-0.2, -0.15) is 5.26 Å². The van der Waals surface area contributed by atoms with Gasteiger partial charge in [-0.15, -0.1) is 0 Å². The molecule has 1 N–H and O–H groups in total. The van der Waals surface area contributed by atoms with E-state index in [1.54, 1.807) is 13.2 Å². The first-order chi connectivity index (χ1) is 17.5. The molecule has 192 valence electrons. The molecule has 3 heterocycles. The summed E-state index contributed by atoms with van der Waals surface area (Å²) in [7, 11) is 1.67. The molecule has 2 aliphatic heterocycles. The highest BCUT2D eigenvalue weighted by Gasteiger charge is 2.21. The molecule has 4 rings (SSSR count). The van der Waals surface area contributed by atoms with Gasteiger partial charge in [0.25, 0.3) is 5.91 Å². The van der Waals surface area contributed by atoms with Crippen LogP contribution >= 0.6 is 0 Å². The third-order valence-electron chi connectivity index (χ3n) is 6.75. The maximum atomic E-state index is 13.2. The monoisotopic (exact) mass is 493 g/mol. The lowest BCUT2D eigenvalue weighted by molar-refractivity contribution is -0.112. The van der Waals surface area contributed by atoms with E-state index in [2.05, 4.69) is 31.8 Å². The zero-order chi connectivity index (χ0) is 25.5. The van der Waals surface area contributed by atoms with Gasteiger partial charge in [0.05, 0.1) is 44.4 Å². The first kappa shape index (κ1) is 25.8. The summed E-state index contributed by atoms with van der Waals surface area (Å²) in [4.78, 5) is 17.8. The molecule has 2 saturated heterocycles. The molecule has 1 amide bonds. The molecule has 0 spiro atoms. The number of hydrogen-bond donors (Lipinski definition) is 1. The summed E-state index contributed by atoms with van der Waals surface area (Å²) in [5, 5.41) is 12.8. The third-order valence-corrected chi connectivity index (χ3v) is 6.75. The van der Waals surface area contributed by atoms with Crippen molar-refractivity contribution in [2.75, 3.05) is 81.4 Å². The van der Waals surface area contributed by atoms with Crippen LogP contribution < -0.4 is 15.1 Å². The quantitative estimate of drug-likeness (QED) is 0.447. The summed E-state index contributed by atoms with van der Waals surface area (Å²) in [5.74, 6) is -0.423. The highest BCUT2D eigenvalue weighted by atomic mass is 16.5. The number of amides is 1. The van der Waals surface area contributed by atoms with Gasteiger partial charge in [-0.05, 0) is 49.8 Å². The van der Waals surface area contributed by atoms with E-state index in [0.717, 1.165) is 54.5 Å². The molecule has 0 atom stereocenters. The largest absolute Gasteiger partial charge is 0.383 e. The van der Waals surface area contributed by atoms with E-state index in [9.17, 15) is 10.1 Å². The van der Waals surface area contributed by atoms with Gasteiger partial charge in [0.2, 0.25) is 0 Å². The fourth-order valence-electron chi connectivity index (χ4n) is 4.70. The molecule has 1 aromatic carbocycles. The summed E-state index contributed by atoms with van der Waals surface area (Å²) in [6.07, 6.45) is 1.66. The second kappa shape index (κ2) is 12.1. The lowest BCUT2D eigenvalue weighted by Crippen LogP contribution is -2.38. The zero-order valence-electron chi connectivity index (χ0n) is 21.4. The molecule has 36 heavy (non-hydrogen) atoms. The SMILES string of the molecule is COCCn1c(C)cc(C=C(C#N)C(=O)Nc2ccc(N3CCOCC3)cc2N2CCOCC2)c1C. The highest BCUT2D eigenvalue weighted by Crippen LogP contribution is 2.32. The first-order valence-electron chi connectivity index (χ1n) is 12.4. The van der Waals surface area contributed by atoms with Crippen LogP contribution in [0.1, 0.15) is 17.0 Å². The van der Waals surface area contributed by atoms with Crippen molar-refractivity contribution < 1.29 is 19.0 Å². The molecular formula is C27H35N5O4. The maximum Gasteiger partial charge on any atom is 0.266 e. The average Bonchev–Trinajstić information content (AvgIpc) is 3.18. The van der Waals surface area contributed by atoms with Crippen molar-refractivity contribution in [3.8, 4) is 6.07 Å². The Hall–Kier alpha value is -3.32. The van der Waals surface area contributed by atoms with Crippen LogP contribution in [0.15, 0.2) is 29.8 Å². The van der Waals surface area contributed by atoms with Gasteiger partial charge in [-0.25, -0.2) is 0 Å². The van der Waals surface area contributed by atoms with Crippen LogP contribution in [0.4, 0.5) is 17.1 Å². The molecule has 0 radical (unpaired) electrons. The Morgan fingerprint density at radius 3 is 2.39 bits per heavy atom. The Bertz CT molecular complexity index is 1140. The number of aryl methyl sites for hydroxylation is 1. The molecule has 0 aliphatic carbocycles. The number of aromatic nitrogens is 1. The van der Waals surface area contributed by atoms with Crippen molar-refractivity contribution in [2.24, 2.45) is 0 Å². The second-order valence-electron chi connectivity index (χ2n) is 9.00. The van der Waals surface area contributed by atoms with E-state index in [1.807, 2.05) is 32.0 Å². The number of morpholine rings is 2. The number of benzene rings is 1. The molecule has 0 unspecified atom stereocenters. The zero-order valence-corrected chi connectivity index (χ0v) is 21.4. The minimum atomic E-state index is -0.423. The number of carbonyl (C=O) groups is 1. The van der Waals surface area contributed by atoms with Crippen molar-refractivity contribution in [3.05, 3.63) is 46.8 Å². The molecule has 9 nitrogen and oxygen atoms in total. The Morgan fingerprint density at radius 1 is 1.08 bits per heavy atom. The van der Waals surface area contributed by atoms with Crippen molar-refractivity contribution in [2.45, 2.75) is 20.4 Å². The van der Waals surface area contributed by atoms with Crippen LogP contribution in [0.25, 0.3) is 6.08 Å². The Kier molecular flexibility index (Phi) is 8.65. The van der Waals surface area contributed by atoms with E-state index < -0.39 is 5.91 Å². The van der Waals surface area contributed by atoms with E-state index in [-0.39, 0.29) is 5.57 Å². The lowest BCUT2D eigenvalue weighted by Gasteiger charge is -2.33. The van der Waals surface area contributed by atoms with Crippen molar-refractivity contribution >= 4 is 29.0 Å². The number of anilines is 3. The Balaban J connectivity index is 1.59. The third kappa shape index (κ3) is 5.90. The second-order valence-corrected chi connectivity index (χ2v) is 9.00. The summed E-state index contributed by atoms with van der Waals surface area (Å²) in [6, 6.07) is 10.1. The molecule has 0 saturated carbocycles. The van der Waals surface area contributed by atoms with Crippen molar-refractivity contribution in [1.82, 2.24) is 4.57 Å². The van der Waals surface area contributed by atoms with Gasteiger partial charge in [0, 0.05) is 56.9 Å². The topological polar surface area (TPSA) is 92.0 Å². The van der Waals surface area contributed by atoms with E-state index in [1.165, 1.54) is 0 Å². The van der Waals surface area contributed by atoms with E-state index in [0.29, 0.717) is 45.3 Å².